The molecule has 0 aliphatic carbocycles. The van der Waals surface area contributed by atoms with Crippen molar-refractivity contribution in [1.29, 1.82) is 0 Å². The van der Waals surface area contributed by atoms with Crippen LogP contribution in [0.5, 0.6) is 0 Å². The molecule has 0 saturated heterocycles. The van der Waals surface area contributed by atoms with E-state index >= 15 is 0 Å². The Hall–Kier alpha value is -0.450. The molecule has 0 aliphatic heterocycles. The average Bonchev–Trinajstić information content (AvgIpc) is 2.61. The Kier molecular flexibility index (Phi) is 4.17. The van der Waals surface area contributed by atoms with Crippen molar-refractivity contribution in [1.82, 2.24) is 9.55 Å². The molecule has 92 valence electrons. The Morgan fingerprint density at radius 1 is 1.53 bits per heavy atom. The summed E-state index contributed by atoms with van der Waals surface area (Å²) in [5.41, 5.74) is 2.14. The summed E-state index contributed by atoms with van der Waals surface area (Å²) >= 11 is 13.2. The zero-order valence-corrected chi connectivity index (χ0v) is 12.3. The number of fused-ring (bicyclic) bond motifs is 1. The molecular formula is C12H15ClN2S2. The normalized spacial score (nSPS) is 13.1. The van der Waals surface area contributed by atoms with Crippen LogP contribution < -0.4 is 0 Å². The number of aromatic amines is 1. The van der Waals surface area contributed by atoms with E-state index in [1.807, 2.05) is 30.0 Å². The van der Waals surface area contributed by atoms with Gasteiger partial charge in [-0.05, 0) is 55.8 Å². The number of nitrogens with one attached hydrogen (secondary N) is 1. The van der Waals surface area contributed by atoms with Crippen molar-refractivity contribution < 1.29 is 0 Å². The topological polar surface area (TPSA) is 20.7 Å². The molecule has 0 amide bonds. The average molecular weight is 287 g/mol. The number of nitrogens with zero attached hydrogens (tertiary/aromatic N) is 1. The minimum absolute atomic E-state index is 0.407. The summed E-state index contributed by atoms with van der Waals surface area (Å²) < 4.78 is 2.95. The van der Waals surface area contributed by atoms with Crippen molar-refractivity contribution in [2.24, 2.45) is 0 Å². The maximum absolute atomic E-state index is 5.98. The highest BCUT2D eigenvalue weighted by Crippen LogP contribution is 2.24. The van der Waals surface area contributed by atoms with Crippen LogP contribution in [0.4, 0.5) is 0 Å². The Morgan fingerprint density at radius 2 is 2.29 bits per heavy atom. The summed E-state index contributed by atoms with van der Waals surface area (Å²) in [6.07, 6.45) is 3.24. The van der Waals surface area contributed by atoms with E-state index in [0.29, 0.717) is 6.04 Å². The van der Waals surface area contributed by atoms with Crippen molar-refractivity contribution in [3.63, 3.8) is 0 Å². The lowest BCUT2D eigenvalue weighted by molar-refractivity contribution is 0.543. The number of benzene rings is 1. The number of hydrogen-bond acceptors (Lipinski definition) is 2. The number of thioether (sulfide) groups is 1. The maximum atomic E-state index is 5.98. The third kappa shape index (κ3) is 2.69. The molecule has 1 heterocycles. The molecule has 0 fully saturated rings. The van der Waals surface area contributed by atoms with Gasteiger partial charge in [-0.1, -0.05) is 11.6 Å². The van der Waals surface area contributed by atoms with Gasteiger partial charge in [0.1, 0.15) is 0 Å². The van der Waals surface area contributed by atoms with Gasteiger partial charge in [-0.15, -0.1) is 0 Å². The van der Waals surface area contributed by atoms with Gasteiger partial charge in [0.25, 0.3) is 0 Å². The highest BCUT2D eigenvalue weighted by atomic mass is 35.5. The van der Waals surface area contributed by atoms with Crippen LogP contribution >= 0.6 is 35.6 Å². The molecule has 1 unspecified atom stereocenters. The summed E-state index contributed by atoms with van der Waals surface area (Å²) in [7, 11) is 0. The number of imidazole rings is 1. The van der Waals surface area contributed by atoms with Crippen molar-refractivity contribution in [2.45, 2.75) is 19.4 Å². The fourth-order valence-corrected chi connectivity index (χ4v) is 3.10. The predicted octanol–water partition coefficient (Wildman–Crippen LogP) is 4.67. The molecule has 0 saturated carbocycles. The van der Waals surface area contributed by atoms with Crippen molar-refractivity contribution in [2.75, 3.05) is 12.0 Å². The molecule has 1 atom stereocenters. The van der Waals surface area contributed by atoms with E-state index < -0.39 is 0 Å². The third-order valence-corrected chi connectivity index (χ3v) is 4.04. The van der Waals surface area contributed by atoms with Gasteiger partial charge < -0.3 is 9.55 Å². The lowest BCUT2D eigenvalue weighted by Gasteiger charge is -2.13. The lowest BCUT2D eigenvalue weighted by Crippen LogP contribution is -2.06. The van der Waals surface area contributed by atoms with Crippen LogP contribution in [0.15, 0.2) is 18.2 Å². The molecule has 0 aliphatic rings. The number of H-pyrrole nitrogens is 1. The number of aromatic nitrogens is 2. The first-order valence-electron chi connectivity index (χ1n) is 5.52. The quantitative estimate of drug-likeness (QED) is 0.825. The molecule has 1 aromatic carbocycles. The largest absolute Gasteiger partial charge is 0.331 e. The molecule has 2 aromatic rings. The summed E-state index contributed by atoms with van der Waals surface area (Å²) in [4.78, 5) is 3.21. The Labute approximate surface area is 115 Å². The SMILES string of the molecule is CSCCC(C)n1c(=S)[nH]c2cc(Cl)ccc21. The Morgan fingerprint density at radius 3 is 3.00 bits per heavy atom. The standard InChI is InChI=1S/C12H15ClN2S2/c1-8(5-6-17-2)15-11-4-3-9(13)7-10(11)14-12(15)16/h3-4,7-8H,5-6H2,1-2H3,(H,14,16). The summed E-state index contributed by atoms with van der Waals surface area (Å²) in [6.45, 7) is 2.20. The van der Waals surface area contributed by atoms with Gasteiger partial charge in [-0.3, -0.25) is 0 Å². The van der Waals surface area contributed by atoms with Crippen molar-refractivity contribution in [3.05, 3.63) is 28.0 Å². The highest BCUT2D eigenvalue weighted by Gasteiger charge is 2.10. The molecular weight excluding hydrogens is 272 g/mol. The van der Waals surface area contributed by atoms with Crippen LogP contribution in [0.3, 0.4) is 0 Å². The van der Waals surface area contributed by atoms with Gasteiger partial charge in [-0.25, -0.2) is 0 Å². The summed E-state index contributed by atoms with van der Waals surface area (Å²) in [5, 5.41) is 0.734. The third-order valence-electron chi connectivity index (χ3n) is 2.86. The lowest BCUT2D eigenvalue weighted by atomic mass is 10.2. The molecule has 1 aromatic heterocycles. The van der Waals surface area contributed by atoms with Crippen LogP contribution in [0, 0.1) is 4.77 Å². The number of hydrogen-bond donors (Lipinski definition) is 1. The second-order valence-electron chi connectivity index (χ2n) is 4.09. The number of rotatable bonds is 4. The minimum atomic E-state index is 0.407. The first-order valence-corrected chi connectivity index (χ1v) is 7.70. The molecule has 2 nitrogen and oxygen atoms in total. The van der Waals surface area contributed by atoms with Crippen molar-refractivity contribution >= 4 is 46.6 Å². The van der Waals surface area contributed by atoms with Gasteiger partial charge in [0.2, 0.25) is 0 Å². The highest BCUT2D eigenvalue weighted by molar-refractivity contribution is 7.98. The molecule has 1 N–H and O–H groups in total. The van der Waals surface area contributed by atoms with E-state index in [1.165, 1.54) is 0 Å². The van der Waals surface area contributed by atoms with Gasteiger partial charge in [0.15, 0.2) is 4.77 Å². The minimum Gasteiger partial charge on any atom is -0.331 e. The first-order chi connectivity index (χ1) is 8.13. The van der Waals surface area contributed by atoms with E-state index in [9.17, 15) is 0 Å². The van der Waals surface area contributed by atoms with E-state index in [4.69, 9.17) is 23.8 Å². The summed E-state index contributed by atoms with van der Waals surface area (Å²) in [5.74, 6) is 1.14. The molecule has 2 rings (SSSR count). The summed E-state index contributed by atoms with van der Waals surface area (Å²) in [6, 6.07) is 6.26. The van der Waals surface area contributed by atoms with Gasteiger partial charge in [-0.2, -0.15) is 11.8 Å². The zero-order valence-electron chi connectivity index (χ0n) is 9.87. The van der Waals surface area contributed by atoms with Crippen LogP contribution in [0.25, 0.3) is 11.0 Å². The van der Waals surface area contributed by atoms with Crippen LogP contribution in [-0.2, 0) is 0 Å². The zero-order chi connectivity index (χ0) is 12.4. The Bertz CT molecular complexity index is 573. The fraction of sp³-hybridized carbons (Fsp3) is 0.417. The van der Waals surface area contributed by atoms with Crippen LogP contribution in [0.1, 0.15) is 19.4 Å². The molecule has 17 heavy (non-hydrogen) atoms. The van der Waals surface area contributed by atoms with Crippen LogP contribution in [-0.4, -0.2) is 21.6 Å². The fourth-order valence-electron chi connectivity index (χ4n) is 1.96. The smallest absolute Gasteiger partial charge is 0.178 e. The predicted molar refractivity (Wildman–Crippen MR) is 79.8 cm³/mol. The van der Waals surface area contributed by atoms with Crippen molar-refractivity contribution in [3.8, 4) is 0 Å². The van der Waals surface area contributed by atoms with Gasteiger partial charge >= 0.3 is 0 Å². The second-order valence-corrected chi connectivity index (χ2v) is 5.90. The molecule has 0 spiro atoms. The second kappa shape index (κ2) is 5.46. The monoisotopic (exact) mass is 286 g/mol. The van der Waals surface area contributed by atoms with Crippen LogP contribution in [0.2, 0.25) is 5.02 Å². The van der Waals surface area contributed by atoms with Gasteiger partial charge in [0.05, 0.1) is 11.0 Å². The molecule has 0 radical (unpaired) electrons. The first kappa shape index (κ1) is 13.0. The van der Waals surface area contributed by atoms with E-state index in [-0.39, 0.29) is 0 Å². The maximum Gasteiger partial charge on any atom is 0.178 e. The van der Waals surface area contributed by atoms with E-state index in [2.05, 4.69) is 22.7 Å². The van der Waals surface area contributed by atoms with Gasteiger partial charge in [0, 0.05) is 11.1 Å². The Balaban J connectivity index is 2.46. The van der Waals surface area contributed by atoms with E-state index in [0.717, 1.165) is 33.0 Å². The number of halogens is 1. The molecule has 0 bridgehead atoms. The molecule has 5 heteroatoms. The van der Waals surface area contributed by atoms with E-state index in [1.54, 1.807) is 0 Å².